The van der Waals surface area contributed by atoms with E-state index < -0.39 is 12.1 Å². The molecule has 0 aliphatic carbocycles. The lowest BCUT2D eigenvalue weighted by molar-refractivity contribution is -0.121. The van der Waals surface area contributed by atoms with Gasteiger partial charge in [-0.05, 0) is 37.8 Å². The summed E-state index contributed by atoms with van der Waals surface area (Å²) in [6.45, 7) is 10.5. The molecule has 0 saturated carbocycles. The number of carbonyl (C=O) groups is 2. The number of hydrogen-bond donors (Lipinski definition) is 2. The van der Waals surface area contributed by atoms with Crippen molar-refractivity contribution in [1.29, 1.82) is 0 Å². The molecule has 1 unspecified atom stereocenters. The van der Waals surface area contributed by atoms with E-state index in [9.17, 15) is 9.59 Å². The van der Waals surface area contributed by atoms with Crippen molar-refractivity contribution in [2.24, 2.45) is 11.8 Å². The molecular formula is C17H32N2O3S2. The summed E-state index contributed by atoms with van der Waals surface area (Å²) in [7, 11) is 3.37. The number of carbonyl (C=O) groups excluding carboxylic acids is 2. The minimum atomic E-state index is -0.484. The molecule has 5 nitrogen and oxygen atoms in total. The Bertz CT molecular complexity index is 386. The van der Waals surface area contributed by atoms with E-state index in [4.69, 9.17) is 4.74 Å². The van der Waals surface area contributed by atoms with Crippen LogP contribution in [0.15, 0.2) is 0 Å². The predicted octanol–water partition coefficient (Wildman–Crippen LogP) is 3.49. The van der Waals surface area contributed by atoms with Crippen molar-refractivity contribution in [3.8, 4) is 0 Å². The first-order valence-electron chi connectivity index (χ1n) is 8.83. The molecule has 2 N–H and O–H groups in total. The molecule has 7 heteroatoms. The summed E-state index contributed by atoms with van der Waals surface area (Å²) >= 11 is 0. The number of rotatable bonds is 10. The molecule has 0 aromatic rings. The molecule has 0 aromatic carbocycles. The molecule has 24 heavy (non-hydrogen) atoms. The van der Waals surface area contributed by atoms with E-state index in [2.05, 4.69) is 24.5 Å². The first-order chi connectivity index (χ1) is 11.4. The van der Waals surface area contributed by atoms with Gasteiger partial charge in [-0.15, -0.1) is 0 Å². The van der Waals surface area contributed by atoms with Crippen LogP contribution in [0.25, 0.3) is 0 Å². The lowest BCUT2D eigenvalue weighted by Crippen LogP contribution is -2.44. The van der Waals surface area contributed by atoms with Gasteiger partial charge in [0, 0.05) is 17.4 Å². The Hall–Kier alpha value is -0.400. The maximum absolute atomic E-state index is 12.6. The van der Waals surface area contributed by atoms with Crippen LogP contribution in [0.4, 0.5) is 4.79 Å². The Balaban J connectivity index is 2.51. The van der Waals surface area contributed by atoms with E-state index in [1.807, 2.05) is 13.8 Å². The van der Waals surface area contributed by atoms with E-state index in [-0.39, 0.29) is 11.7 Å². The summed E-state index contributed by atoms with van der Waals surface area (Å²) in [4.78, 5) is 24.6. The van der Waals surface area contributed by atoms with Crippen molar-refractivity contribution in [2.75, 3.05) is 25.4 Å². The smallest absolute Gasteiger partial charge is 0.407 e. The third kappa shape index (κ3) is 9.79. The van der Waals surface area contributed by atoms with Crippen LogP contribution in [0.2, 0.25) is 0 Å². The molecule has 0 aromatic heterocycles. The minimum Gasteiger partial charge on any atom is -0.449 e. The van der Waals surface area contributed by atoms with Crippen molar-refractivity contribution in [2.45, 2.75) is 58.2 Å². The van der Waals surface area contributed by atoms with Gasteiger partial charge in [-0.1, -0.05) is 49.3 Å². The van der Waals surface area contributed by atoms with Crippen molar-refractivity contribution in [1.82, 2.24) is 10.6 Å². The van der Waals surface area contributed by atoms with Crippen LogP contribution in [-0.2, 0) is 9.53 Å². The molecule has 1 saturated heterocycles. The zero-order chi connectivity index (χ0) is 17.9. The predicted molar refractivity (Wildman–Crippen MR) is 104 cm³/mol. The van der Waals surface area contributed by atoms with Crippen molar-refractivity contribution < 1.29 is 14.3 Å². The van der Waals surface area contributed by atoms with E-state index >= 15 is 0 Å². The van der Waals surface area contributed by atoms with Crippen molar-refractivity contribution in [3.05, 3.63) is 0 Å². The lowest BCUT2D eigenvalue weighted by Gasteiger charge is -2.24. The average Bonchev–Trinajstić information content (AvgIpc) is 2.52. The van der Waals surface area contributed by atoms with Gasteiger partial charge in [0.2, 0.25) is 0 Å². The maximum atomic E-state index is 12.6. The standard InChI is InChI=1S/C17H32N2O3S2/c1-12(2)10-22-17(21)19-15(11-23-24-13(3)4)16(20)9-14-5-7-18-8-6-14/h12-15,18H,5-11H2,1-4H3,(H,19,21). The minimum absolute atomic E-state index is 0.125. The first-order valence-corrected chi connectivity index (χ1v) is 11.2. The summed E-state index contributed by atoms with van der Waals surface area (Å²) < 4.78 is 5.17. The number of piperidine rings is 1. The molecule has 1 heterocycles. The van der Waals surface area contributed by atoms with Gasteiger partial charge in [0.25, 0.3) is 0 Å². The normalized spacial score (nSPS) is 17.1. The number of nitrogens with one attached hydrogen (secondary N) is 2. The third-order valence-electron chi connectivity index (χ3n) is 3.67. The highest BCUT2D eigenvalue weighted by Gasteiger charge is 2.25. The van der Waals surface area contributed by atoms with Crippen LogP contribution < -0.4 is 10.6 Å². The van der Waals surface area contributed by atoms with Crippen LogP contribution in [0.5, 0.6) is 0 Å². The van der Waals surface area contributed by atoms with Crippen LogP contribution in [0.3, 0.4) is 0 Å². The second-order valence-electron chi connectivity index (χ2n) is 6.98. The van der Waals surface area contributed by atoms with Crippen molar-refractivity contribution in [3.63, 3.8) is 0 Å². The number of Topliss-reactive ketones (excluding diaryl/α,β-unsaturated/α-hetero) is 1. The molecule has 0 spiro atoms. The lowest BCUT2D eigenvalue weighted by atomic mass is 9.91. The van der Waals surface area contributed by atoms with Crippen LogP contribution in [0, 0.1) is 11.8 Å². The van der Waals surface area contributed by atoms with Crippen LogP contribution >= 0.6 is 21.6 Å². The van der Waals surface area contributed by atoms with Crippen LogP contribution in [-0.4, -0.2) is 48.6 Å². The molecule has 140 valence electrons. The molecule has 0 radical (unpaired) electrons. The molecule has 1 fully saturated rings. The van der Waals surface area contributed by atoms with Gasteiger partial charge in [-0.25, -0.2) is 4.79 Å². The van der Waals surface area contributed by atoms with Crippen molar-refractivity contribution >= 4 is 33.5 Å². The fourth-order valence-electron chi connectivity index (χ4n) is 2.40. The van der Waals surface area contributed by atoms with Gasteiger partial charge >= 0.3 is 6.09 Å². The Labute approximate surface area is 154 Å². The first kappa shape index (κ1) is 21.6. The Morgan fingerprint density at radius 2 is 1.88 bits per heavy atom. The highest BCUT2D eigenvalue weighted by atomic mass is 33.1. The van der Waals surface area contributed by atoms with Crippen LogP contribution in [0.1, 0.15) is 47.0 Å². The molecule has 1 aliphatic heterocycles. The summed E-state index contributed by atoms with van der Waals surface area (Å²) in [5.41, 5.74) is 0. The Morgan fingerprint density at radius 1 is 1.21 bits per heavy atom. The van der Waals surface area contributed by atoms with E-state index in [1.165, 1.54) is 0 Å². The highest BCUT2D eigenvalue weighted by molar-refractivity contribution is 8.76. The second-order valence-corrected chi connectivity index (χ2v) is 9.97. The number of hydrogen-bond acceptors (Lipinski definition) is 6. The number of alkyl carbamates (subject to hydrolysis) is 1. The largest absolute Gasteiger partial charge is 0.449 e. The fourth-order valence-corrected chi connectivity index (χ4v) is 4.61. The quantitative estimate of drug-likeness (QED) is 0.569. The molecule has 0 bridgehead atoms. The molecule has 1 atom stereocenters. The Kier molecular flexibility index (Phi) is 10.9. The third-order valence-corrected chi connectivity index (χ3v) is 6.63. The Morgan fingerprint density at radius 3 is 2.46 bits per heavy atom. The highest BCUT2D eigenvalue weighted by Crippen LogP contribution is 2.27. The number of amides is 1. The van der Waals surface area contributed by atoms with E-state index in [0.717, 1.165) is 25.9 Å². The average molecular weight is 377 g/mol. The van der Waals surface area contributed by atoms with Gasteiger partial charge in [-0.3, -0.25) is 4.79 Å². The summed E-state index contributed by atoms with van der Waals surface area (Å²) in [6, 6.07) is -0.462. The topological polar surface area (TPSA) is 67.4 Å². The molecular weight excluding hydrogens is 344 g/mol. The summed E-state index contributed by atoms with van der Waals surface area (Å²) in [6.07, 6.45) is 2.13. The second kappa shape index (κ2) is 12.0. The number of ketones is 1. The van der Waals surface area contributed by atoms with Gasteiger partial charge in [0.05, 0.1) is 6.61 Å². The summed E-state index contributed by atoms with van der Waals surface area (Å²) in [5.74, 6) is 1.42. The molecule has 1 rings (SSSR count). The van der Waals surface area contributed by atoms with Gasteiger partial charge < -0.3 is 15.4 Å². The summed E-state index contributed by atoms with van der Waals surface area (Å²) in [5, 5.41) is 6.58. The monoisotopic (exact) mass is 376 g/mol. The SMILES string of the molecule is CC(C)COC(=O)NC(CSSC(C)C)C(=O)CC1CCNCC1. The maximum Gasteiger partial charge on any atom is 0.407 e. The van der Waals surface area contributed by atoms with E-state index in [0.29, 0.717) is 29.9 Å². The van der Waals surface area contributed by atoms with Gasteiger partial charge in [0.1, 0.15) is 6.04 Å². The number of ether oxygens (including phenoxy) is 1. The van der Waals surface area contributed by atoms with Gasteiger partial charge in [0.15, 0.2) is 5.78 Å². The molecule has 1 amide bonds. The zero-order valence-electron chi connectivity index (χ0n) is 15.3. The van der Waals surface area contributed by atoms with Gasteiger partial charge in [-0.2, -0.15) is 0 Å². The fraction of sp³-hybridized carbons (Fsp3) is 0.882. The zero-order valence-corrected chi connectivity index (χ0v) is 16.9. The van der Waals surface area contributed by atoms with E-state index in [1.54, 1.807) is 21.6 Å². The molecule has 1 aliphatic rings.